The summed E-state index contributed by atoms with van der Waals surface area (Å²) in [6.45, 7) is 2.23. The fourth-order valence-electron chi connectivity index (χ4n) is 2.67. The van der Waals surface area contributed by atoms with Crippen molar-refractivity contribution >= 4 is 22.3 Å². The molecule has 19 heavy (non-hydrogen) atoms. The molecule has 1 N–H and O–H groups in total. The van der Waals surface area contributed by atoms with Gasteiger partial charge in [-0.25, -0.2) is 4.98 Å². The van der Waals surface area contributed by atoms with Gasteiger partial charge in [0.05, 0.1) is 4.92 Å². The Balaban J connectivity index is 2.01. The molecule has 1 aromatic heterocycles. The highest BCUT2D eigenvalue weighted by molar-refractivity contribution is 5.96. The van der Waals surface area contributed by atoms with Crippen molar-refractivity contribution in [1.82, 2.24) is 4.98 Å². The molecule has 0 bridgehead atoms. The third-order valence-corrected chi connectivity index (χ3v) is 3.68. The standard InChI is InChI=1S/C14H15N3O2/c1-9-7-10(8-9)16-12-5-6-15-14-11(12)3-2-4-13(14)17(18)19/h2-6,9-10H,7-8H2,1H3,(H,15,16). The number of non-ortho nitro benzene ring substituents is 1. The summed E-state index contributed by atoms with van der Waals surface area (Å²) in [4.78, 5) is 14.8. The predicted molar refractivity (Wildman–Crippen MR) is 74.2 cm³/mol. The van der Waals surface area contributed by atoms with Gasteiger partial charge in [0, 0.05) is 29.4 Å². The molecule has 1 aromatic carbocycles. The number of nitrogens with zero attached hydrogens (tertiary/aromatic N) is 2. The second-order valence-electron chi connectivity index (χ2n) is 5.21. The van der Waals surface area contributed by atoms with Gasteiger partial charge in [-0.2, -0.15) is 0 Å². The highest BCUT2D eigenvalue weighted by Gasteiger charge is 2.25. The number of nitrogens with one attached hydrogen (secondary N) is 1. The summed E-state index contributed by atoms with van der Waals surface area (Å²) in [5.41, 5.74) is 1.44. The van der Waals surface area contributed by atoms with Crippen molar-refractivity contribution in [3.63, 3.8) is 0 Å². The van der Waals surface area contributed by atoms with Crippen LogP contribution in [0.4, 0.5) is 11.4 Å². The van der Waals surface area contributed by atoms with E-state index in [2.05, 4.69) is 17.2 Å². The quantitative estimate of drug-likeness (QED) is 0.676. The molecule has 0 aliphatic heterocycles. The topological polar surface area (TPSA) is 68.1 Å². The van der Waals surface area contributed by atoms with E-state index in [4.69, 9.17) is 0 Å². The fraction of sp³-hybridized carbons (Fsp3) is 0.357. The van der Waals surface area contributed by atoms with Crippen LogP contribution in [0.15, 0.2) is 30.5 Å². The number of anilines is 1. The molecule has 0 amide bonds. The normalized spacial score (nSPS) is 21.9. The summed E-state index contributed by atoms with van der Waals surface area (Å²) in [7, 11) is 0. The molecule has 1 aliphatic carbocycles. The van der Waals surface area contributed by atoms with Crippen molar-refractivity contribution in [2.75, 3.05) is 5.32 Å². The maximum absolute atomic E-state index is 11.0. The molecule has 0 spiro atoms. The highest BCUT2D eigenvalue weighted by Crippen LogP contribution is 2.33. The molecule has 1 fully saturated rings. The molecule has 1 heterocycles. The Hall–Kier alpha value is -2.17. The van der Waals surface area contributed by atoms with E-state index in [-0.39, 0.29) is 10.6 Å². The minimum absolute atomic E-state index is 0.0585. The average Bonchev–Trinajstić information content (AvgIpc) is 2.36. The number of rotatable bonds is 3. The maximum atomic E-state index is 11.0. The van der Waals surface area contributed by atoms with Gasteiger partial charge in [-0.1, -0.05) is 19.1 Å². The van der Waals surface area contributed by atoms with Crippen LogP contribution in [-0.2, 0) is 0 Å². The maximum Gasteiger partial charge on any atom is 0.295 e. The Morgan fingerprint density at radius 2 is 2.16 bits per heavy atom. The molecule has 98 valence electrons. The Labute approximate surface area is 110 Å². The van der Waals surface area contributed by atoms with Crippen LogP contribution < -0.4 is 5.32 Å². The SMILES string of the molecule is CC1CC(Nc2ccnc3c([N+](=O)[O-])cccc23)C1. The molecule has 2 aromatic rings. The monoisotopic (exact) mass is 257 g/mol. The van der Waals surface area contributed by atoms with Crippen LogP contribution in [0.5, 0.6) is 0 Å². The largest absolute Gasteiger partial charge is 0.382 e. The predicted octanol–water partition coefficient (Wildman–Crippen LogP) is 3.35. The molecular weight excluding hydrogens is 242 g/mol. The van der Waals surface area contributed by atoms with Gasteiger partial charge in [0.15, 0.2) is 0 Å². The number of nitro groups is 1. The number of benzene rings is 1. The van der Waals surface area contributed by atoms with E-state index in [0.717, 1.165) is 29.8 Å². The zero-order valence-corrected chi connectivity index (χ0v) is 10.7. The third kappa shape index (κ3) is 2.12. The van der Waals surface area contributed by atoms with Crippen molar-refractivity contribution in [3.8, 4) is 0 Å². The van der Waals surface area contributed by atoms with Crippen molar-refractivity contribution in [3.05, 3.63) is 40.6 Å². The van der Waals surface area contributed by atoms with Gasteiger partial charge in [0.25, 0.3) is 5.69 Å². The van der Waals surface area contributed by atoms with E-state index < -0.39 is 0 Å². The number of hydrogen-bond donors (Lipinski definition) is 1. The van der Waals surface area contributed by atoms with Gasteiger partial charge in [-0.05, 0) is 24.8 Å². The lowest BCUT2D eigenvalue weighted by Crippen LogP contribution is -2.33. The van der Waals surface area contributed by atoms with E-state index >= 15 is 0 Å². The summed E-state index contributed by atoms with van der Waals surface area (Å²) in [6, 6.07) is 7.43. The second kappa shape index (κ2) is 4.50. The zero-order chi connectivity index (χ0) is 13.4. The molecule has 5 nitrogen and oxygen atoms in total. The van der Waals surface area contributed by atoms with Crippen LogP contribution in [0.2, 0.25) is 0 Å². The Morgan fingerprint density at radius 3 is 2.84 bits per heavy atom. The van der Waals surface area contributed by atoms with Crippen LogP contribution in [0, 0.1) is 16.0 Å². The van der Waals surface area contributed by atoms with Crippen molar-refractivity contribution < 1.29 is 4.92 Å². The minimum Gasteiger partial charge on any atom is -0.382 e. The van der Waals surface area contributed by atoms with Crippen LogP contribution in [0.25, 0.3) is 10.9 Å². The first-order chi connectivity index (χ1) is 9.15. The van der Waals surface area contributed by atoms with Crippen LogP contribution in [0.1, 0.15) is 19.8 Å². The third-order valence-electron chi connectivity index (χ3n) is 3.68. The fourth-order valence-corrected chi connectivity index (χ4v) is 2.67. The molecule has 0 unspecified atom stereocenters. The lowest BCUT2D eigenvalue weighted by atomic mass is 9.82. The smallest absolute Gasteiger partial charge is 0.295 e. The molecule has 1 saturated carbocycles. The van der Waals surface area contributed by atoms with Gasteiger partial charge in [-0.3, -0.25) is 10.1 Å². The highest BCUT2D eigenvalue weighted by atomic mass is 16.6. The van der Waals surface area contributed by atoms with Crippen molar-refractivity contribution in [2.24, 2.45) is 5.92 Å². The molecule has 0 atom stereocenters. The molecule has 5 heteroatoms. The summed E-state index contributed by atoms with van der Waals surface area (Å²) in [5.74, 6) is 0.764. The number of aromatic nitrogens is 1. The number of nitro benzene ring substituents is 1. The Morgan fingerprint density at radius 1 is 1.37 bits per heavy atom. The number of pyridine rings is 1. The zero-order valence-electron chi connectivity index (χ0n) is 10.7. The number of fused-ring (bicyclic) bond motifs is 1. The molecule has 3 rings (SSSR count). The Kier molecular flexibility index (Phi) is 2.81. The van der Waals surface area contributed by atoms with E-state index in [1.54, 1.807) is 12.3 Å². The van der Waals surface area contributed by atoms with E-state index in [0.29, 0.717) is 11.6 Å². The first-order valence-electron chi connectivity index (χ1n) is 6.44. The molecule has 1 aliphatic rings. The number of para-hydroxylation sites is 1. The van der Waals surface area contributed by atoms with Gasteiger partial charge in [0.1, 0.15) is 5.52 Å². The van der Waals surface area contributed by atoms with Crippen LogP contribution >= 0.6 is 0 Å². The first-order valence-corrected chi connectivity index (χ1v) is 6.44. The van der Waals surface area contributed by atoms with E-state index in [1.807, 2.05) is 12.1 Å². The van der Waals surface area contributed by atoms with Crippen LogP contribution in [0.3, 0.4) is 0 Å². The van der Waals surface area contributed by atoms with Crippen molar-refractivity contribution in [2.45, 2.75) is 25.8 Å². The summed E-state index contributed by atoms with van der Waals surface area (Å²) >= 11 is 0. The first kappa shape index (κ1) is 11.9. The molecule has 0 saturated heterocycles. The van der Waals surface area contributed by atoms with Gasteiger partial charge >= 0.3 is 0 Å². The van der Waals surface area contributed by atoms with Gasteiger partial charge < -0.3 is 5.32 Å². The summed E-state index contributed by atoms with van der Waals surface area (Å²) in [5, 5.41) is 15.3. The summed E-state index contributed by atoms with van der Waals surface area (Å²) < 4.78 is 0. The molecule has 0 radical (unpaired) electrons. The van der Waals surface area contributed by atoms with E-state index in [1.165, 1.54) is 6.07 Å². The second-order valence-corrected chi connectivity index (χ2v) is 5.21. The summed E-state index contributed by atoms with van der Waals surface area (Å²) in [6.07, 6.45) is 3.93. The minimum atomic E-state index is -0.384. The van der Waals surface area contributed by atoms with Gasteiger partial charge in [-0.15, -0.1) is 0 Å². The van der Waals surface area contributed by atoms with Crippen LogP contribution in [-0.4, -0.2) is 15.9 Å². The Bertz CT molecular complexity index is 636. The lowest BCUT2D eigenvalue weighted by Gasteiger charge is -2.34. The van der Waals surface area contributed by atoms with E-state index in [9.17, 15) is 10.1 Å². The number of hydrogen-bond acceptors (Lipinski definition) is 4. The molecular formula is C14H15N3O2. The van der Waals surface area contributed by atoms with Crippen molar-refractivity contribution in [1.29, 1.82) is 0 Å². The lowest BCUT2D eigenvalue weighted by molar-refractivity contribution is -0.383. The average molecular weight is 257 g/mol. The van der Waals surface area contributed by atoms with Gasteiger partial charge in [0.2, 0.25) is 0 Å².